The molecule has 2 aliphatic rings. The summed E-state index contributed by atoms with van der Waals surface area (Å²) in [5, 5.41) is 0. The normalized spacial score (nSPS) is 19.0. The van der Waals surface area contributed by atoms with E-state index in [0.717, 1.165) is 35.3 Å². The predicted molar refractivity (Wildman–Crippen MR) is 98.6 cm³/mol. The summed E-state index contributed by atoms with van der Waals surface area (Å²) in [5.41, 5.74) is 1.66. The van der Waals surface area contributed by atoms with Gasteiger partial charge in [-0.25, -0.2) is 0 Å². The van der Waals surface area contributed by atoms with Crippen molar-refractivity contribution in [3.05, 3.63) is 50.6 Å². The van der Waals surface area contributed by atoms with Crippen molar-refractivity contribution in [1.82, 2.24) is 0 Å². The first kappa shape index (κ1) is 16.7. The molecule has 0 bridgehead atoms. The Morgan fingerprint density at radius 1 is 0.667 bits per heavy atom. The summed E-state index contributed by atoms with van der Waals surface area (Å²) < 4.78 is 7.23. The van der Waals surface area contributed by atoms with Gasteiger partial charge in [0.05, 0.1) is 0 Å². The molecule has 0 atom stereocenters. The van der Waals surface area contributed by atoms with Crippen molar-refractivity contribution in [2.45, 2.75) is 60.9 Å². The highest BCUT2D eigenvalue weighted by molar-refractivity contribution is 6.90. The maximum Gasteiger partial charge on any atom is 0.190 e. The van der Waals surface area contributed by atoms with E-state index in [1.54, 1.807) is 0 Å². The fourth-order valence-corrected chi connectivity index (χ4v) is 15.7. The lowest BCUT2D eigenvalue weighted by Crippen LogP contribution is -2.51. The molecule has 0 heterocycles. The van der Waals surface area contributed by atoms with Gasteiger partial charge in [0.2, 0.25) is 0 Å². The summed E-state index contributed by atoms with van der Waals surface area (Å²) >= 11 is 0. The molecule has 2 fully saturated rings. The second-order valence-corrected chi connectivity index (χ2v) is 15.1. The van der Waals surface area contributed by atoms with Gasteiger partial charge in [-0.1, -0.05) is 50.0 Å². The SMILES string of the molecule is C=CC[Si](CC=C)(O[Si](CC=C)(CC=C)C1CC1)C1CC1. The van der Waals surface area contributed by atoms with E-state index in [0.29, 0.717) is 0 Å². The lowest BCUT2D eigenvalue weighted by Gasteiger charge is -2.42. The van der Waals surface area contributed by atoms with Gasteiger partial charge in [0.25, 0.3) is 0 Å². The molecule has 0 aromatic rings. The summed E-state index contributed by atoms with van der Waals surface area (Å²) in [6.07, 6.45) is 13.8. The van der Waals surface area contributed by atoms with Crippen LogP contribution in [0.3, 0.4) is 0 Å². The smallest absolute Gasteiger partial charge is 0.190 e. The van der Waals surface area contributed by atoms with Gasteiger partial charge >= 0.3 is 0 Å². The first-order chi connectivity index (χ1) is 10.2. The molecule has 0 radical (unpaired) electrons. The summed E-state index contributed by atoms with van der Waals surface area (Å²) in [5.74, 6) is 0. The second kappa shape index (κ2) is 7.08. The molecule has 116 valence electrons. The van der Waals surface area contributed by atoms with E-state index in [1.807, 2.05) is 0 Å². The van der Waals surface area contributed by atoms with Crippen LogP contribution in [0.5, 0.6) is 0 Å². The van der Waals surface area contributed by atoms with Crippen LogP contribution in [-0.2, 0) is 4.12 Å². The Labute approximate surface area is 132 Å². The van der Waals surface area contributed by atoms with Crippen LogP contribution in [0.15, 0.2) is 50.6 Å². The van der Waals surface area contributed by atoms with Crippen LogP contribution in [0.1, 0.15) is 25.7 Å². The van der Waals surface area contributed by atoms with Crippen molar-refractivity contribution in [2.75, 3.05) is 0 Å². The van der Waals surface area contributed by atoms with E-state index in [1.165, 1.54) is 25.7 Å². The number of hydrogen-bond acceptors (Lipinski definition) is 1. The average Bonchev–Trinajstić information content (AvgIpc) is 3.31. The molecule has 0 saturated heterocycles. The van der Waals surface area contributed by atoms with Crippen molar-refractivity contribution < 1.29 is 4.12 Å². The zero-order valence-corrected chi connectivity index (χ0v) is 15.4. The minimum atomic E-state index is -1.76. The molecule has 2 rings (SSSR count). The minimum Gasteiger partial charge on any atom is -0.454 e. The lowest BCUT2D eigenvalue weighted by atomic mass is 10.7. The van der Waals surface area contributed by atoms with Crippen LogP contribution in [0, 0.1) is 0 Å². The molecule has 0 N–H and O–H groups in total. The van der Waals surface area contributed by atoms with Gasteiger partial charge in [-0.3, -0.25) is 0 Å². The van der Waals surface area contributed by atoms with E-state index in [4.69, 9.17) is 4.12 Å². The Morgan fingerprint density at radius 2 is 0.952 bits per heavy atom. The fraction of sp³-hybridized carbons (Fsp3) is 0.556. The molecular formula is C18H30OSi2. The summed E-state index contributed by atoms with van der Waals surface area (Å²) in [6.45, 7) is 16.1. The second-order valence-electron chi connectivity index (χ2n) is 6.75. The molecule has 3 heteroatoms. The molecule has 0 unspecified atom stereocenters. The van der Waals surface area contributed by atoms with Crippen molar-refractivity contribution in [3.8, 4) is 0 Å². The Kier molecular flexibility index (Phi) is 5.63. The van der Waals surface area contributed by atoms with Gasteiger partial charge < -0.3 is 4.12 Å². The standard InChI is InChI=1S/C18H30OSi2/c1-5-13-20(14-6-2,17-9-10-17)19-21(15-7-3,16-8-4)18-11-12-18/h5-8,17-18H,1-4,9-16H2. The molecule has 0 aliphatic heterocycles. The van der Waals surface area contributed by atoms with Crippen molar-refractivity contribution >= 4 is 16.6 Å². The Balaban J connectivity index is 2.28. The zero-order valence-electron chi connectivity index (χ0n) is 13.4. The molecule has 2 saturated carbocycles. The number of rotatable bonds is 12. The number of allylic oxidation sites excluding steroid dienone is 4. The third kappa shape index (κ3) is 3.76. The number of hydrogen-bond donors (Lipinski definition) is 0. The van der Waals surface area contributed by atoms with Gasteiger partial charge in [-0.05, 0) is 35.3 Å². The first-order valence-corrected chi connectivity index (χ1v) is 13.1. The molecule has 0 aromatic carbocycles. The van der Waals surface area contributed by atoms with Crippen LogP contribution in [0.4, 0.5) is 0 Å². The zero-order chi connectivity index (χ0) is 15.3. The highest BCUT2D eigenvalue weighted by atomic mass is 28.4. The summed E-state index contributed by atoms with van der Waals surface area (Å²) in [4.78, 5) is 0. The van der Waals surface area contributed by atoms with E-state index < -0.39 is 16.6 Å². The van der Waals surface area contributed by atoms with Gasteiger partial charge in [-0.2, -0.15) is 0 Å². The quantitative estimate of drug-likeness (QED) is 0.318. The van der Waals surface area contributed by atoms with Crippen LogP contribution >= 0.6 is 0 Å². The van der Waals surface area contributed by atoms with Gasteiger partial charge in [-0.15, -0.1) is 26.3 Å². The maximum absolute atomic E-state index is 7.23. The molecule has 0 aromatic heterocycles. The van der Waals surface area contributed by atoms with Gasteiger partial charge in [0.1, 0.15) is 0 Å². The highest BCUT2D eigenvalue weighted by Crippen LogP contribution is 2.56. The summed E-state index contributed by atoms with van der Waals surface area (Å²) in [6, 6.07) is 4.33. The van der Waals surface area contributed by atoms with E-state index >= 15 is 0 Å². The molecular weight excluding hydrogens is 288 g/mol. The third-order valence-corrected chi connectivity index (χ3v) is 16.3. The highest BCUT2D eigenvalue weighted by Gasteiger charge is 2.56. The molecule has 2 aliphatic carbocycles. The molecule has 21 heavy (non-hydrogen) atoms. The monoisotopic (exact) mass is 318 g/mol. The Hall–Kier alpha value is -0.646. The van der Waals surface area contributed by atoms with E-state index in [-0.39, 0.29) is 0 Å². The van der Waals surface area contributed by atoms with Crippen LogP contribution in [0.25, 0.3) is 0 Å². The van der Waals surface area contributed by atoms with Crippen LogP contribution in [0.2, 0.25) is 35.3 Å². The van der Waals surface area contributed by atoms with Crippen LogP contribution in [-0.4, -0.2) is 16.6 Å². The van der Waals surface area contributed by atoms with E-state index in [9.17, 15) is 0 Å². The first-order valence-electron chi connectivity index (χ1n) is 8.30. The maximum atomic E-state index is 7.23. The Morgan fingerprint density at radius 3 is 1.14 bits per heavy atom. The van der Waals surface area contributed by atoms with Crippen LogP contribution < -0.4 is 0 Å². The third-order valence-electron chi connectivity index (χ3n) is 5.01. The summed E-state index contributed by atoms with van der Waals surface area (Å²) in [7, 11) is -3.53. The minimum absolute atomic E-state index is 0.828. The topological polar surface area (TPSA) is 9.23 Å². The molecule has 0 spiro atoms. The molecule has 0 amide bonds. The van der Waals surface area contributed by atoms with Gasteiger partial charge in [0.15, 0.2) is 16.6 Å². The largest absolute Gasteiger partial charge is 0.454 e. The Bertz CT molecular complexity index is 349. The average molecular weight is 319 g/mol. The van der Waals surface area contributed by atoms with Gasteiger partial charge in [0, 0.05) is 0 Å². The fourth-order valence-electron chi connectivity index (χ4n) is 3.77. The van der Waals surface area contributed by atoms with Crippen molar-refractivity contribution in [1.29, 1.82) is 0 Å². The van der Waals surface area contributed by atoms with Crippen molar-refractivity contribution in [3.63, 3.8) is 0 Å². The molecule has 1 nitrogen and oxygen atoms in total. The predicted octanol–water partition coefficient (Wildman–Crippen LogP) is 5.97. The lowest BCUT2D eigenvalue weighted by molar-refractivity contribution is 0.513. The van der Waals surface area contributed by atoms with E-state index in [2.05, 4.69) is 50.6 Å². The van der Waals surface area contributed by atoms with Crippen molar-refractivity contribution in [2.24, 2.45) is 0 Å².